The van der Waals surface area contributed by atoms with Gasteiger partial charge in [0.25, 0.3) is 5.91 Å². The minimum Gasteiger partial charge on any atom is -0.487 e. The third kappa shape index (κ3) is 4.42. The summed E-state index contributed by atoms with van der Waals surface area (Å²) in [6.07, 6.45) is 0. The van der Waals surface area contributed by atoms with E-state index in [-0.39, 0.29) is 29.6 Å². The molecule has 11 nitrogen and oxygen atoms in total. The lowest BCUT2D eigenvalue weighted by atomic mass is 10.1. The van der Waals surface area contributed by atoms with E-state index in [0.29, 0.717) is 22.0 Å². The summed E-state index contributed by atoms with van der Waals surface area (Å²) < 4.78 is 11.6. The Labute approximate surface area is 186 Å². The van der Waals surface area contributed by atoms with Crippen molar-refractivity contribution in [2.75, 3.05) is 5.73 Å². The summed E-state index contributed by atoms with van der Waals surface area (Å²) >= 11 is 6.18. The second-order valence-corrected chi connectivity index (χ2v) is 6.90. The summed E-state index contributed by atoms with van der Waals surface area (Å²) in [5, 5.41) is 19.8. The van der Waals surface area contributed by atoms with Gasteiger partial charge in [0, 0.05) is 10.6 Å². The van der Waals surface area contributed by atoms with Crippen LogP contribution < -0.4 is 15.9 Å². The van der Waals surface area contributed by atoms with E-state index in [0.717, 1.165) is 0 Å². The van der Waals surface area contributed by atoms with E-state index >= 15 is 0 Å². The third-order valence-corrected chi connectivity index (χ3v) is 4.71. The van der Waals surface area contributed by atoms with Gasteiger partial charge in [-0.15, -0.1) is 5.10 Å². The highest BCUT2D eigenvalue weighted by molar-refractivity contribution is 6.34. The first-order chi connectivity index (χ1) is 15.5. The van der Waals surface area contributed by atoms with Crippen molar-refractivity contribution in [1.82, 2.24) is 30.7 Å². The average molecular weight is 453 g/mol. The van der Waals surface area contributed by atoms with Crippen LogP contribution in [0.4, 0.5) is 5.82 Å². The SMILES string of the molecule is C/C(=N/NC(=O)c1nnn(-c2nonc2N)c1COc1ccccc1)c1ccccc1Cl. The van der Waals surface area contributed by atoms with Crippen molar-refractivity contribution in [3.8, 4) is 11.6 Å². The molecule has 2 aromatic heterocycles. The summed E-state index contributed by atoms with van der Waals surface area (Å²) in [7, 11) is 0. The first-order valence-electron chi connectivity index (χ1n) is 9.35. The molecule has 2 heterocycles. The van der Waals surface area contributed by atoms with Gasteiger partial charge < -0.3 is 10.5 Å². The second-order valence-electron chi connectivity index (χ2n) is 6.49. The van der Waals surface area contributed by atoms with Gasteiger partial charge in [0.1, 0.15) is 18.1 Å². The minimum absolute atomic E-state index is 0.0181. The molecule has 0 saturated heterocycles. The number of halogens is 1. The number of hydrogen-bond donors (Lipinski definition) is 2. The van der Waals surface area contributed by atoms with E-state index in [4.69, 9.17) is 22.1 Å². The van der Waals surface area contributed by atoms with Crippen molar-refractivity contribution in [3.63, 3.8) is 0 Å². The number of nitrogens with zero attached hydrogens (tertiary/aromatic N) is 6. The van der Waals surface area contributed by atoms with Crippen LogP contribution in [-0.2, 0) is 6.61 Å². The molecular formula is C20H17ClN8O3. The summed E-state index contributed by atoms with van der Waals surface area (Å²) in [6, 6.07) is 16.2. The summed E-state index contributed by atoms with van der Waals surface area (Å²) in [4.78, 5) is 12.9. The molecule has 0 bridgehead atoms. The zero-order valence-corrected chi connectivity index (χ0v) is 17.5. The normalized spacial score (nSPS) is 11.4. The lowest BCUT2D eigenvalue weighted by Gasteiger charge is -2.08. The van der Waals surface area contributed by atoms with Crippen molar-refractivity contribution < 1.29 is 14.2 Å². The van der Waals surface area contributed by atoms with Crippen LogP contribution in [0.5, 0.6) is 5.75 Å². The Balaban J connectivity index is 1.61. The smallest absolute Gasteiger partial charge is 0.293 e. The van der Waals surface area contributed by atoms with Gasteiger partial charge in [-0.05, 0) is 35.4 Å². The van der Waals surface area contributed by atoms with Gasteiger partial charge in [-0.3, -0.25) is 4.79 Å². The number of amides is 1. The molecule has 2 aromatic carbocycles. The van der Waals surface area contributed by atoms with Crippen LogP contribution in [0, 0.1) is 0 Å². The Bertz CT molecular complexity index is 1270. The average Bonchev–Trinajstić information content (AvgIpc) is 3.42. The molecule has 1 amide bonds. The molecule has 0 aliphatic rings. The minimum atomic E-state index is -0.607. The molecule has 162 valence electrons. The van der Waals surface area contributed by atoms with E-state index in [1.54, 1.807) is 37.3 Å². The molecule has 0 saturated carbocycles. The van der Waals surface area contributed by atoms with E-state index in [1.165, 1.54) is 4.68 Å². The van der Waals surface area contributed by atoms with E-state index in [2.05, 4.69) is 35.8 Å². The molecule has 4 aromatic rings. The number of benzene rings is 2. The van der Waals surface area contributed by atoms with E-state index in [1.807, 2.05) is 24.3 Å². The van der Waals surface area contributed by atoms with Gasteiger partial charge in [-0.1, -0.05) is 53.2 Å². The predicted molar refractivity (Wildman–Crippen MR) is 116 cm³/mol. The monoisotopic (exact) mass is 452 g/mol. The fraction of sp³-hybridized carbons (Fsp3) is 0.100. The molecule has 0 fully saturated rings. The number of rotatable bonds is 7. The van der Waals surface area contributed by atoms with Crippen LogP contribution in [0.3, 0.4) is 0 Å². The summed E-state index contributed by atoms with van der Waals surface area (Å²) in [5.74, 6) is 0.0455. The van der Waals surface area contributed by atoms with Gasteiger partial charge in [0.2, 0.25) is 11.6 Å². The number of hydrogen-bond acceptors (Lipinski definition) is 9. The van der Waals surface area contributed by atoms with Crippen LogP contribution in [0.1, 0.15) is 28.7 Å². The summed E-state index contributed by atoms with van der Waals surface area (Å²) in [5.41, 5.74) is 9.70. The highest BCUT2D eigenvalue weighted by Gasteiger charge is 2.24. The number of para-hydroxylation sites is 1. The van der Waals surface area contributed by atoms with Crippen molar-refractivity contribution in [2.45, 2.75) is 13.5 Å². The fourth-order valence-corrected chi connectivity index (χ4v) is 3.06. The van der Waals surface area contributed by atoms with E-state index < -0.39 is 5.91 Å². The molecule has 12 heteroatoms. The van der Waals surface area contributed by atoms with Crippen LogP contribution in [0.2, 0.25) is 5.02 Å². The quantitative estimate of drug-likeness (QED) is 0.321. The number of hydrazone groups is 1. The lowest BCUT2D eigenvalue weighted by Crippen LogP contribution is -2.22. The number of anilines is 1. The van der Waals surface area contributed by atoms with Crippen LogP contribution in [-0.4, -0.2) is 36.9 Å². The van der Waals surface area contributed by atoms with Crippen LogP contribution >= 0.6 is 11.6 Å². The number of ether oxygens (including phenoxy) is 1. The Morgan fingerprint density at radius 1 is 1.19 bits per heavy atom. The first-order valence-corrected chi connectivity index (χ1v) is 9.72. The molecule has 32 heavy (non-hydrogen) atoms. The molecule has 0 aliphatic heterocycles. The number of nitrogens with two attached hydrogens (primary N) is 1. The lowest BCUT2D eigenvalue weighted by molar-refractivity contribution is 0.0947. The Kier molecular flexibility index (Phi) is 6.08. The zero-order chi connectivity index (χ0) is 22.5. The Morgan fingerprint density at radius 2 is 1.94 bits per heavy atom. The predicted octanol–water partition coefficient (Wildman–Crippen LogP) is 2.62. The number of carbonyl (C=O) groups is 1. The Morgan fingerprint density at radius 3 is 2.66 bits per heavy atom. The maximum atomic E-state index is 12.9. The largest absolute Gasteiger partial charge is 0.487 e. The molecule has 0 aliphatic carbocycles. The third-order valence-electron chi connectivity index (χ3n) is 4.38. The van der Waals surface area contributed by atoms with Crippen LogP contribution in [0.15, 0.2) is 64.3 Å². The van der Waals surface area contributed by atoms with E-state index in [9.17, 15) is 4.79 Å². The van der Waals surface area contributed by atoms with Crippen molar-refractivity contribution in [3.05, 3.63) is 76.6 Å². The topological polar surface area (TPSA) is 146 Å². The maximum absolute atomic E-state index is 12.9. The zero-order valence-electron chi connectivity index (χ0n) is 16.8. The molecule has 3 N–H and O–H groups in total. The highest BCUT2D eigenvalue weighted by atomic mass is 35.5. The van der Waals surface area contributed by atoms with Crippen LogP contribution in [0.25, 0.3) is 5.82 Å². The second kappa shape index (κ2) is 9.27. The van der Waals surface area contributed by atoms with Gasteiger partial charge in [-0.25, -0.2) is 10.1 Å². The van der Waals surface area contributed by atoms with Gasteiger partial charge in [0.15, 0.2) is 5.69 Å². The molecule has 0 spiro atoms. The maximum Gasteiger partial charge on any atom is 0.293 e. The van der Waals surface area contributed by atoms with Gasteiger partial charge in [0.05, 0.1) is 5.71 Å². The molecular weight excluding hydrogens is 436 g/mol. The Hall–Kier alpha value is -4.25. The summed E-state index contributed by atoms with van der Waals surface area (Å²) in [6.45, 7) is 1.67. The molecule has 0 atom stereocenters. The highest BCUT2D eigenvalue weighted by Crippen LogP contribution is 2.19. The number of nitrogen functional groups attached to an aromatic ring is 1. The molecule has 0 radical (unpaired) electrons. The first kappa shape index (κ1) is 21.0. The van der Waals surface area contributed by atoms with Crippen molar-refractivity contribution >= 4 is 29.0 Å². The fourth-order valence-electron chi connectivity index (χ4n) is 2.79. The van der Waals surface area contributed by atoms with Gasteiger partial charge in [-0.2, -0.15) is 9.78 Å². The number of carbonyl (C=O) groups excluding carboxylic acids is 1. The van der Waals surface area contributed by atoms with Crippen molar-refractivity contribution in [2.24, 2.45) is 5.10 Å². The van der Waals surface area contributed by atoms with Gasteiger partial charge >= 0.3 is 0 Å². The van der Waals surface area contributed by atoms with Crippen molar-refractivity contribution in [1.29, 1.82) is 0 Å². The standard InChI is InChI=1S/C20H17ClN8O3/c1-12(14-9-5-6-10-15(14)21)23-25-20(30)17-16(11-31-13-7-3-2-4-8-13)29(28-24-17)19-18(22)26-32-27-19/h2-10H,11H2,1H3,(H2,22,26)(H,25,30)/b23-12-. The molecule has 0 unspecified atom stereocenters. The molecule has 4 rings (SSSR count). The number of nitrogens with one attached hydrogen (secondary N) is 1. The number of aromatic nitrogens is 5.